The highest BCUT2D eigenvalue weighted by Gasteiger charge is 2.67. The van der Waals surface area contributed by atoms with Crippen molar-refractivity contribution in [3.8, 4) is 0 Å². The first-order chi connectivity index (χ1) is 16.3. The normalized spacial score (nSPS) is 44.5. The van der Waals surface area contributed by atoms with Gasteiger partial charge in [-0.15, -0.1) is 0 Å². The van der Waals surface area contributed by atoms with Gasteiger partial charge in [-0.05, 0) is 153 Å². The lowest BCUT2D eigenvalue weighted by Crippen LogP contribution is -2.63. The van der Waals surface area contributed by atoms with Gasteiger partial charge in [-0.1, -0.05) is 13.8 Å². The summed E-state index contributed by atoms with van der Waals surface area (Å²) in [5.41, 5.74) is 0.623. The van der Waals surface area contributed by atoms with Crippen molar-refractivity contribution in [1.29, 1.82) is 0 Å². The molecule has 6 unspecified atom stereocenters. The van der Waals surface area contributed by atoms with E-state index in [2.05, 4.69) is 79.7 Å². The van der Waals surface area contributed by atoms with Gasteiger partial charge in [0.25, 0.3) is 0 Å². The van der Waals surface area contributed by atoms with Gasteiger partial charge in [-0.2, -0.15) is 0 Å². The SMILES string of the molecule is CC(O[Si](C)(C)C)[C@@]1(O[Si](C)(C)C)CCC2C3CCC4CC(O[Si](C)(C)C)CC[C@]4(C)C3CC[C@@]21C. The van der Waals surface area contributed by atoms with E-state index in [1.165, 1.54) is 57.8 Å². The lowest BCUT2D eigenvalue weighted by molar-refractivity contribution is -0.175. The Kier molecular flexibility index (Phi) is 7.85. The Balaban J connectivity index is 1.59. The molecular weight excluding hydrogens is 493 g/mol. The summed E-state index contributed by atoms with van der Waals surface area (Å²) in [7, 11) is -4.88. The summed E-state index contributed by atoms with van der Waals surface area (Å²) in [6, 6.07) is 0. The highest BCUT2D eigenvalue weighted by atomic mass is 28.4. The van der Waals surface area contributed by atoms with Crippen LogP contribution in [0.4, 0.5) is 0 Å². The van der Waals surface area contributed by atoms with Crippen LogP contribution in [0, 0.1) is 34.5 Å². The van der Waals surface area contributed by atoms with E-state index < -0.39 is 25.0 Å². The van der Waals surface area contributed by atoms with Crippen LogP contribution in [-0.2, 0) is 13.3 Å². The number of rotatable bonds is 7. The molecule has 0 bridgehead atoms. The lowest BCUT2D eigenvalue weighted by atomic mass is 9.44. The van der Waals surface area contributed by atoms with Crippen LogP contribution in [-0.4, -0.2) is 42.8 Å². The molecule has 4 saturated carbocycles. The Morgan fingerprint density at radius 1 is 0.694 bits per heavy atom. The Morgan fingerprint density at radius 2 is 1.33 bits per heavy atom. The third kappa shape index (κ3) is 5.43. The van der Waals surface area contributed by atoms with E-state index in [1.807, 2.05) is 0 Å². The molecule has 210 valence electrons. The zero-order chi connectivity index (χ0) is 26.9. The quantitative estimate of drug-likeness (QED) is 0.295. The van der Waals surface area contributed by atoms with Crippen LogP contribution in [0.3, 0.4) is 0 Å². The van der Waals surface area contributed by atoms with Gasteiger partial charge in [0.2, 0.25) is 0 Å². The van der Waals surface area contributed by atoms with Gasteiger partial charge in [0.1, 0.15) is 0 Å². The minimum absolute atomic E-state index is 0.117. The van der Waals surface area contributed by atoms with Crippen LogP contribution >= 0.6 is 0 Å². The molecular formula is C30H60O3Si3. The smallest absolute Gasteiger partial charge is 0.184 e. The first-order valence-corrected chi connectivity index (χ1v) is 25.6. The fourth-order valence-corrected chi connectivity index (χ4v) is 14.0. The Labute approximate surface area is 227 Å². The molecule has 3 nitrogen and oxygen atoms in total. The van der Waals surface area contributed by atoms with E-state index in [0.29, 0.717) is 11.5 Å². The Morgan fingerprint density at radius 3 is 1.92 bits per heavy atom. The van der Waals surface area contributed by atoms with Crippen molar-refractivity contribution in [3.05, 3.63) is 0 Å². The summed E-state index contributed by atoms with van der Waals surface area (Å²) in [5, 5.41) is 0. The molecule has 9 atom stereocenters. The molecule has 4 aliphatic carbocycles. The monoisotopic (exact) mass is 552 g/mol. The van der Waals surface area contributed by atoms with E-state index in [4.69, 9.17) is 13.3 Å². The van der Waals surface area contributed by atoms with Crippen molar-refractivity contribution in [2.24, 2.45) is 34.5 Å². The van der Waals surface area contributed by atoms with Crippen molar-refractivity contribution < 1.29 is 13.3 Å². The van der Waals surface area contributed by atoms with E-state index in [-0.39, 0.29) is 17.1 Å². The molecule has 0 radical (unpaired) electrons. The highest BCUT2D eigenvalue weighted by molar-refractivity contribution is 6.70. The molecule has 0 aromatic heterocycles. The zero-order valence-electron chi connectivity index (χ0n) is 26.1. The van der Waals surface area contributed by atoms with Gasteiger partial charge in [0.05, 0.1) is 11.7 Å². The summed E-state index contributed by atoms with van der Waals surface area (Å²) >= 11 is 0. The Hall–Kier alpha value is 0.531. The number of hydrogen-bond donors (Lipinski definition) is 0. The molecule has 0 aliphatic heterocycles. The molecule has 0 heterocycles. The third-order valence-corrected chi connectivity index (χ3v) is 14.1. The standard InChI is InChI=1S/C30H60O3Si3/c1-22(31-34(4,5)6)30(33-36(10,11)12)20-17-27-25-14-13-23-21-24(32-35(7,8)9)15-18-28(23,2)26(25)16-19-29(27,30)3/h22-27H,13-21H2,1-12H3/t22?,23?,24?,25?,26?,27?,28-,29-,30-/m0/s1. The third-order valence-electron chi connectivity index (χ3n) is 11.0. The van der Waals surface area contributed by atoms with Crippen molar-refractivity contribution in [2.75, 3.05) is 0 Å². The average Bonchev–Trinajstić information content (AvgIpc) is 2.98. The second-order valence-electron chi connectivity index (χ2n) is 16.8. The fourth-order valence-electron chi connectivity index (χ4n) is 9.95. The van der Waals surface area contributed by atoms with Crippen molar-refractivity contribution in [2.45, 2.75) is 155 Å². The maximum absolute atomic E-state index is 7.36. The van der Waals surface area contributed by atoms with Gasteiger partial charge in [0.15, 0.2) is 25.0 Å². The van der Waals surface area contributed by atoms with Gasteiger partial charge < -0.3 is 13.3 Å². The minimum Gasteiger partial charge on any atom is -0.415 e. The molecule has 6 heteroatoms. The summed E-state index contributed by atoms with van der Waals surface area (Å²) in [6.45, 7) is 29.0. The first kappa shape index (κ1) is 29.5. The van der Waals surface area contributed by atoms with E-state index >= 15 is 0 Å². The van der Waals surface area contributed by atoms with Crippen LogP contribution in [0.25, 0.3) is 0 Å². The van der Waals surface area contributed by atoms with Crippen LogP contribution in [0.5, 0.6) is 0 Å². The molecule has 0 N–H and O–H groups in total. The topological polar surface area (TPSA) is 27.7 Å². The second kappa shape index (κ2) is 9.57. The van der Waals surface area contributed by atoms with Crippen molar-refractivity contribution in [1.82, 2.24) is 0 Å². The molecule has 0 aromatic carbocycles. The molecule has 4 rings (SSSR count). The summed E-state index contributed by atoms with van der Waals surface area (Å²) in [4.78, 5) is 0. The molecule has 4 fully saturated rings. The predicted molar refractivity (Wildman–Crippen MR) is 161 cm³/mol. The lowest BCUT2D eigenvalue weighted by Gasteiger charge is -2.63. The first-order valence-electron chi connectivity index (χ1n) is 15.4. The number of hydrogen-bond acceptors (Lipinski definition) is 3. The maximum atomic E-state index is 7.36. The van der Waals surface area contributed by atoms with Gasteiger partial charge >= 0.3 is 0 Å². The summed E-state index contributed by atoms with van der Waals surface area (Å²) in [6.07, 6.45) is 12.8. The van der Waals surface area contributed by atoms with E-state index in [0.717, 1.165) is 23.7 Å². The van der Waals surface area contributed by atoms with Gasteiger partial charge in [-0.3, -0.25) is 0 Å². The molecule has 0 saturated heterocycles. The molecule has 0 spiro atoms. The van der Waals surface area contributed by atoms with Crippen LogP contribution < -0.4 is 0 Å². The average molecular weight is 553 g/mol. The Bertz CT molecular complexity index is 799. The fraction of sp³-hybridized carbons (Fsp3) is 1.00. The summed E-state index contributed by atoms with van der Waals surface area (Å²) in [5.74, 6) is 3.40. The van der Waals surface area contributed by atoms with Gasteiger partial charge in [-0.25, -0.2) is 0 Å². The van der Waals surface area contributed by atoms with Crippen molar-refractivity contribution >= 4 is 25.0 Å². The maximum Gasteiger partial charge on any atom is 0.184 e. The summed E-state index contributed by atoms with van der Waals surface area (Å²) < 4.78 is 20.9. The molecule has 4 aliphatic rings. The van der Waals surface area contributed by atoms with Crippen molar-refractivity contribution in [3.63, 3.8) is 0 Å². The van der Waals surface area contributed by atoms with E-state index in [9.17, 15) is 0 Å². The van der Waals surface area contributed by atoms with Crippen LogP contribution in [0.1, 0.15) is 78.6 Å². The second-order valence-corrected chi connectivity index (χ2v) is 30.1. The minimum atomic E-state index is -1.75. The molecule has 0 aromatic rings. The number of fused-ring (bicyclic) bond motifs is 5. The van der Waals surface area contributed by atoms with Crippen LogP contribution in [0.2, 0.25) is 58.9 Å². The highest BCUT2D eigenvalue weighted by Crippen LogP contribution is 2.70. The molecule has 0 amide bonds. The van der Waals surface area contributed by atoms with Gasteiger partial charge in [0, 0.05) is 11.5 Å². The molecule has 36 heavy (non-hydrogen) atoms. The predicted octanol–water partition coefficient (Wildman–Crippen LogP) is 9.08. The van der Waals surface area contributed by atoms with Crippen LogP contribution in [0.15, 0.2) is 0 Å². The van der Waals surface area contributed by atoms with E-state index in [1.54, 1.807) is 0 Å². The zero-order valence-corrected chi connectivity index (χ0v) is 29.1. The largest absolute Gasteiger partial charge is 0.415 e.